The van der Waals surface area contributed by atoms with Crippen molar-refractivity contribution < 1.29 is 9.90 Å². The van der Waals surface area contributed by atoms with Gasteiger partial charge in [0, 0.05) is 22.1 Å². The van der Waals surface area contributed by atoms with Crippen LogP contribution in [0.1, 0.15) is 10.4 Å². The van der Waals surface area contributed by atoms with E-state index in [1.165, 1.54) is 6.20 Å². The van der Waals surface area contributed by atoms with E-state index in [1.807, 2.05) is 42.5 Å². The van der Waals surface area contributed by atoms with Gasteiger partial charge >= 0.3 is 5.97 Å². The summed E-state index contributed by atoms with van der Waals surface area (Å²) in [5.41, 5.74) is 3.07. The van der Waals surface area contributed by atoms with Crippen LogP contribution in [-0.4, -0.2) is 16.1 Å². The lowest BCUT2D eigenvalue weighted by atomic mass is 10.0. The number of H-pyrrole nitrogens is 1. The zero-order chi connectivity index (χ0) is 13.4. The average molecular weight is 272 g/mol. The molecule has 0 saturated carbocycles. The van der Waals surface area contributed by atoms with Crippen LogP contribution in [0.15, 0.2) is 48.7 Å². The van der Waals surface area contributed by atoms with Crippen molar-refractivity contribution >= 4 is 28.5 Å². The fraction of sp³-hybridized carbons (Fsp3) is 0. The molecule has 0 atom stereocenters. The molecule has 4 heteroatoms. The summed E-state index contributed by atoms with van der Waals surface area (Å²) in [5.74, 6) is -0.931. The number of fused-ring (bicyclic) bond motifs is 1. The van der Waals surface area contributed by atoms with Crippen LogP contribution in [-0.2, 0) is 0 Å². The molecule has 2 N–H and O–H groups in total. The first-order valence-corrected chi connectivity index (χ1v) is 6.13. The number of hydrogen-bond acceptors (Lipinski definition) is 1. The molecule has 0 aliphatic heterocycles. The zero-order valence-electron chi connectivity index (χ0n) is 9.85. The molecule has 0 aliphatic carbocycles. The Morgan fingerprint density at radius 1 is 1.05 bits per heavy atom. The average Bonchev–Trinajstić information content (AvgIpc) is 2.82. The Morgan fingerprint density at radius 3 is 2.42 bits per heavy atom. The quantitative estimate of drug-likeness (QED) is 0.734. The Labute approximate surface area is 114 Å². The fourth-order valence-corrected chi connectivity index (χ4v) is 2.25. The minimum atomic E-state index is -0.931. The number of rotatable bonds is 2. The summed E-state index contributed by atoms with van der Waals surface area (Å²) >= 11 is 5.86. The van der Waals surface area contributed by atoms with Gasteiger partial charge in [0.05, 0.1) is 5.56 Å². The summed E-state index contributed by atoms with van der Waals surface area (Å²) in [4.78, 5) is 14.1. The molecular weight excluding hydrogens is 262 g/mol. The van der Waals surface area contributed by atoms with Gasteiger partial charge in [0.2, 0.25) is 0 Å². The predicted octanol–water partition coefficient (Wildman–Crippen LogP) is 4.19. The third-order valence-electron chi connectivity index (χ3n) is 3.09. The van der Waals surface area contributed by atoms with Gasteiger partial charge < -0.3 is 10.1 Å². The van der Waals surface area contributed by atoms with E-state index in [9.17, 15) is 4.79 Å². The van der Waals surface area contributed by atoms with Crippen molar-refractivity contribution in [3.63, 3.8) is 0 Å². The Kier molecular flexibility index (Phi) is 2.76. The van der Waals surface area contributed by atoms with Gasteiger partial charge in [-0.3, -0.25) is 0 Å². The van der Waals surface area contributed by atoms with Crippen LogP contribution in [0.5, 0.6) is 0 Å². The normalized spacial score (nSPS) is 10.8. The largest absolute Gasteiger partial charge is 0.478 e. The Balaban J connectivity index is 2.17. The third kappa shape index (κ3) is 2.09. The summed E-state index contributed by atoms with van der Waals surface area (Å²) in [6, 6.07) is 13.2. The van der Waals surface area contributed by atoms with Crippen LogP contribution in [0.25, 0.3) is 22.0 Å². The number of halogens is 1. The molecule has 3 nitrogen and oxygen atoms in total. The molecule has 2 aromatic carbocycles. The molecular formula is C15H10ClNO2. The summed E-state index contributed by atoms with van der Waals surface area (Å²) in [7, 11) is 0. The van der Waals surface area contributed by atoms with Crippen molar-refractivity contribution in [1.29, 1.82) is 0 Å². The van der Waals surface area contributed by atoms with E-state index in [4.69, 9.17) is 16.7 Å². The highest BCUT2D eigenvalue weighted by atomic mass is 35.5. The first kappa shape index (κ1) is 11.8. The lowest BCUT2D eigenvalue weighted by Crippen LogP contribution is -1.93. The van der Waals surface area contributed by atoms with Crippen molar-refractivity contribution in [2.75, 3.05) is 0 Å². The van der Waals surface area contributed by atoms with Crippen LogP contribution in [0.4, 0.5) is 0 Å². The van der Waals surface area contributed by atoms with E-state index in [0.717, 1.165) is 16.6 Å². The minimum Gasteiger partial charge on any atom is -0.478 e. The smallest absolute Gasteiger partial charge is 0.337 e. The van der Waals surface area contributed by atoms with Gasteiger partial charge in [0.25, 0.3) is 0 Å². The maximum Gasteiger partial charge on any atom is 0.337 e. The molecule has 0 amide bonds. The molecule has 0 spiro atoms. The van der Waals surface area contributed by atoms with E-state index in [-0.39, 0.29) is 5.56 Å². The van der Waals surface area contributed by atoms with Crippen molar-refractivity contribution in [2.45, 2.75) is 0 Å². The maximum absolute atomic E-state index is 11.1. The van der Waals surface area contributed by atoms with E-state index in [1.54, 1.807) is 0 Å². The number of aromatic carboxylic acids is 1. The van der Waals surface area contributed by atoms with Gasteiger partial charge in [0.15, 0.2) is 0 Å². The Morgan fingerprint density at radius 2 is 1.74 bits per heavy atom. The highest BCUT2D eigenvalue weighted by Gasteiger charge is 2.11. The van der Waals surface area contributed by atoms with Gasteiger partial charge in [0.1, 0.15) is 0 Å². The molecule has 1 aromatic heterocycles. The first-order valence-electron chi connectivity index (χ1n) is 5.75. The molecule has 0 fully saturated rings. The molecule has 0 unspecified atom stereocenters. The summed E-state index contributed by atoms with van der Waals surface area (Å²) in [6.45, 7) is 0. The predicted molar refractivity (Wildman–Crippen MR) is 75.7 cm³/mol. The zero-order valence-corrected chi connectivity index (χ0v) is 10.6. The molecule has 19 heavy (non-hydrogen) atoms. The topological polar surface area (TPSA) is 53.1 Å². The van der Waals surface area contributed by atoms with Crippen LogP contribution < -0.4 is 0 Å². The summed E-state index contributed by atoms with van der Waals surface area (Å²) < 4.78 is 0. The van der Waals surface area contributed by atoms with Crippen molar-refractivity contribution in [1.82, 2.24) is 4.98 Å². The lowest BCUT2D eigenvalue weighted by molar-refractivity contribution is 0.0699. The minimum absolute atomic E-state index is 0.283. The fourth-order valence-electron chi connectivity index (χ4n) is 2.12. The second kappa shape index (κ2) is 4.44. The van der Waals surface area contributed by atoms with Crippen molar-refractivity contribution in [3.05, 3.63) is 59.2 Å². The number of carbonyl (C=O) groups is 1. The van der Waals surface area contributed by atoms with E-state index < -0.39 is 5.97 Å². The summed E-state index contributed by atoms with van der Waals surface area (Å²) in [5, 5.41) is 10.5. The van der Waals surface area contributed by atoms with Gasteiger partial charge in [-0.05, 0) is 35.4 Å². The molecule has 0 aliphatic rings. The van der Waals surface area contributed by atoms with E-state index in [0.29, 0.717) is 10.4 Å². The van der Waals surface area contributed by atoms with Gasteiger partial charge in [-0.1, -0.05) is 29.8 Å². The maximum atomic E-state index is 11.1. The number of carboxylic acid groups (broad SMARTS) is 1. The third-order valence-corrected chi connectivity index (χ3v) is 3.34. The summed E-state index contributed by atoms with van der Waals surface area (Å²) in [6.07, 6.45) is 1.51. The SMILES string of the molecule is O=C(O)c1c[nH]c2ccc(-c3ccc(Cl)cc3)cc12. The molecule has 94 valence electrons. The van der Waals surface area contributed by atoms with E-state index >= 15 is 0 Å². The molecule has 0 saturated heterocycles. The molecule has 0 radical (unpaired) electrons. The lowest BCUT2D eigenvalue weighted by Gasteiger charge is -2.03. The number of carboxylic acids is 1. The standard InChI is InChI=1S/C15H10ClNO2/c16-11-4-1-9(2-5-11)10-3-6-14-12(7-10)13(8-17-14)15(18)19/h1-8,17H,(H,18,19). The van der Waals surface area contributed by atoms with E-state index in [2.05, 4.69) is 4.98 Å². The second-order valence-electron chi connectivity index (χ2n) is 4.27. The van der Waals surface area contributed by atoms with Gasteiger partial charge in [-0.15, -0.1) is 0 Å². The van der Waals surface area contributed by atoms with Crippen molar-refractivity contribution in [2.24, 2.45) is 0 Å². The van der Waals surface area contributed by atoms with Crippen LogP contribution >= 0.6 is 11.6 Å². The highest BCUT2D eigenvalue weighted by molar-refractivity contribution is 6.30. The number of benzene rings is 2. The number of aromatic nitrogens is 1. The second-order valence-corrected chi connectivity index (χ2v) is 4.71. The van der Waals surface area contributed by atoms with Crippen LogP contribution in [0.2, 0.25) is 5.02 Å². The Bertz CT molecular complexity index is 759. The number of nitrogens with one attached hydrogen (secondary N) is 1. The molecule has 0 bridgehead atoms. The first-order chi connectivity index (χ1) is 9.15. The highest BCUT2D eigenvalue weighted by Crippen LogP contribution is 2.27. The molecule has 1 heterocycles. The van der Waals surface area contributed by atoms with Crippen molar-refractivity contribution in [3.8, 4) is 11.1 Å². The van der Waals surface area contributed by atoms with Gasteiger partial charge in [-0.25, -0.2) is 4.79 Å². The number of hydrogen-bond donors (Lipinski definition) is 2. The monoisotopic (exact) mass is 271 g/mol. The van der Waals surface area contributed by atoms with Crippen LogP contribution in [0, 0.1) is 0 Å². The molecule has 3 aromatic rings. The van der Waals surface area contributed by atoms with Crippen LogP contribution in [0.3, 0.4) is 0 Å². The number of aromatic amines is 1. The Hall–Kier alpha value is -2.26. The molecule has 3 rings (SSSR count). The van der Waals surface area contributed by atoms with Gasteiger partial charge in [-0.2, -0.15) is 0 Å².